The average molecular weight is 414 g/mol. The predicted octanol–water partition coefficient (Wildman–Crippen LogP) is 6.49. The maximum absolute atomic E-state index is 13.8. The van der Waals surface area contributed by atoms with E-state index in [1.54, 1.807) is 6.07 Å². The summed E-state index contributed by atoms with van der Waals surface area (Å²) in [6.45, 7) is 8.16. The molecule has 29 heavy (non-hydrogen) atoms. The van der Waals surface area contributed by atoms with Crippen molar-refractivity contribution in [1.29, 1.82) is 0 Å². The molecule has 1 heterocycles. The number of anilines is 2. The molecule has 1 unspecified atom stereocenters. The number of nitrogens with zero attached hydrogens (tertiary/aromatic N) is 1. The zero-order valence-electron chi connectivity index (χ0n) is 17.4. The van der Waals surface area contributed by atoms with Gasteiger partial charge in [-0.3, -0.25) is 4.99 Å². The van der Waals surface area contributed by atoms with E-state index in [1.807, 2.05) is 32.0 Å². The summed E-state index contributed by atoms with van der Waals surface area (Å²) in [6, 6.07) is 10.4. The first-order valence-electron chi connectivity index (χ1n) is 10.1. The Balaban J connectivity index is 1.80. The molecule has 2 N–H and O–H groups in total. The molecule has 3 rings (SSSR count). The van der Waals surface area contributed by atoms with Crippen LogP contribution in [-0.4, -0.2) is 16.9 Å². The Morgan fingerprint density at radius 2 is 2.00 bits per heavy atom. The third-order valence-corrected chi connectivity index (χ3v) is 5.28. The molecule has 4 nitrogen and oxygen atoms in total. The largest absolute Gasteiger partial charge is 0.489 e. The highest BCUT2D eigenvalue weighted by atomic mass is 32.1. The smallest absolute Gasteiger partial charge is 0.175 e. The third kappa shape index (κ3) is 5.32. The Bertz CT molecular complexity index is 926. The molecular weight excluding hydrogens is 385 g/mol. The quantitative estimate of drug-likeness (QED) is 0.550. The number of aliphatic imine (C=N–C) groups is 1. The molecule has 1 aliphatic rings. The van der Waals surface area contributed by atoms with E-state index in [2.05, 4.69) is 24.5 Å². The number of nitrogens with one attached hydrogen (secondary N) is 2. The zero-order valence-corrected chi connectivity index (χ0v) is 18.2. The number of thiocarbonyl (C=S) groups is 1. The lowest BCUT2D eigenvalue weighted by Gasteiger charge is -2.18. The van der Waals surface area contributed by atoms with Crippen molar-refractivity contribution in [2.45, 2.75) is 53.1 Å². The van der Waals surface area contributed by atoms with Gasteiger partial charge in [-0.25, -0.2) is 4.39 Å². The molecule has 0 amide bonds. The zero-order chi connectivity index (χ0) is 21.0. The van der Waals surface area contributed by atoms with Crippen LogP contribution in [-0.2, 0) is 6.42 Å². The molecule has 0 aromatic heterocycles. The van der Waals surface area contributed by atoms with Gasteiger partial charge in [0, 0.05) is 23.0 Å². The van der Waals surface area contributed by atoms with Gasteiger partial charge in [0.2, 0.25) is 0 Å². The number of hydrogen-bond acceptors (Lipinski definition) is 3. The fourth-order valence-corrected chi connectivity index (χ4v) is 3.82. The molecule has 2 aromatic rings. The summed E-state index contributed by atoms with van der Waals surface area (Å²) in [6.07, 6.45) is 3.06. The van der Waals surface area contributed by atoms with Crippen molar-refractivity contribution in [1.82, 2.24) is 0 Å². The molecule has 0 spiro atoms. The van der Waals surface area contributed by atoms with Gasteiger partial charge in [-0.15, -0.1) is 0 Å². The normalized spacial score (nSPS) is 15.9. The van der Waals surface area contributed by atoms with E-state index in [0.717, 1.165) is 36.2 Å². The van der Waals surface area contributed by atoms with Gasteiger partial charge < -0.3 is 15.4 Å². The molecule has 154 valence electrons. The summed E-state index contributed by atoms with van der Waals surface area (Å²) in [5.74, 6) is 0.710. The molecule has 6 heteroatoms. The van der Waals surface area contributed by atoms with Gasteiger partial charge in [-0.1, -0.05) is 13.0 Å². The average Bonchev–Trinajstić information content (AvgIpc) is 2.82. The monoisotopic (exact) mass is 413 g/mol. The van der Waals surface area contributed by atoms with E-state index in [0.29, 0.717) is 22.5 Å². The number of benzene rings is 2. The highest BCUT2D eigenvalue weighted by Gasteiger charge is 2.19. The summed E-state index contributed by atoms with van der Waals surface area (Å²) < 4.78 is 19.5. The highest BCUT2D eigenvalue weighted by molar-refractivity contribution is 7.80. The molecule has 0 radical (unpaired) electrons. The second-order valence-corrected chi connectivity index (χ2v) is 7.99. The molecule has 0 saturated heterocycles. The summed E-state index contributed by atoms with van der Waals surface area (Å²) in [7, 11) is 0. The van der Waals surface area contributed by atoms with E-state index >= 15 is 0 Å². The number of ether oxygens (including phenoxy) is 1. The van der Waals surface area contributed by atoms with Crippen molar-refractivity contribution in [2.75, 3.05) is 10.6 Å². The second kappa shape index (κ2) is 9.35. The van der Waals surface area contributed by atoms with Gasteiger partial charge in [0.15, 0.2) is 5.11 Å². The van der Waals surface area contributed by atoms with Gasteiger partial charge in [0.05, 0.1) is 17.5 Å². The predicted molar refractivity (Wildman–Crippen MR) is 123 cm³/mol. The van der Waals surface area contributed by atoms with E-state index in [1.165, 1.54) is 17.8 Å². The molecule has 0 bridgehead atoms. The Kier molecular flexibility index (Phi) is 6.85. The van der Waals surface area contributed by atoms with Gasteiger partial charge in [-0.05, 0) is 82.4 Å². The van der Waals surface area contributed by atoms with Crippen LogP contribution in [0.15, 0.2) is 41.4 Å². The van der Waals surface area contributed by atoms with Gasteiger partial charge >= 0.3 is 0 Å². The van der Waals surface area contributed by atoms with Crippen molar-refractivity contribution in [3.63, 3.8) is 0 Å². The summed E-state index contributed by atoms with van der Waals surface area (Å²) >= 11 is 5.51. The van der Waals surface area contributed by atoms with Crippen LogP contribution in [0.5, 0.6) is 5.75 Å². The maximum atomic E-state index is 13.8. The first kappa shape index (κ1) is 21.2. The van der Waals surface area contributed by atoms with Crippen molar-refractivity contribution < 1.29 is 9.13 Å². The summed E-state index contributed by atoms with van der Waals surface area (Å²) in [5.41, 5.74) is 4.75. The van der Waals surface area contributed by atoms with E-state index in [9.17, 15) is 4.39 Å². The number of halogens is 1. The standard InChI is InChI=1S/C23H28FN3OS/c1-5-16-9-11-18-19(25-15(16)4)7-6-8-20(18)26-23(29)27-21-13-17(24)10-12-22(21)28-14(2)3/h6-8,10,12-14,16H,5,9,11H2,1-4H3,(H2,26,27,29). The van der Waals surface area contributed by atoms with E-state index in [-0.39, 0.29) is 11.9 Å². The fraction of sp³-hybridized carbons (Fsp3) is 0.391. The van der Waals surface area contributed by atoms with Crippen LogP contribution in [0.2, 0.25) is 0 Å². The fourth-order valence-electron chi connectivity index (χ4n) is 3.60. The second-order valence-electron chi connectivity index (χ2n) is 7.59. The van der Waals surface area contributed by atoms with Gasteiger partial charge in [-0.2, -0.15) is 0 Å². The molecule has 0 saturated carbocycles. The van der Waals surface area contributed by atoms with Crippen molar-refractivity contribution in [3.8, 4) is 5.75 Å². The Morgan fingerprint density at radius 3 is 2.72 bits per heavy atom. The van der Waals surface area contributed by atoms with Crippen molar-refractivity contribution in [3.05, 3.63) is 47.8 Å². The van der Waals surface area contributed by atoms with Crippen LogP contribution >= 0.6 is 12.2 Å². The lowest BCUT2D eigenvalue weighted by Crippen LogP contribution is -2.21. The van der Waals surface area contributed by atoms with Crippen LogP contribution in [0.3, 0.4) is 0 Å². The molecule has 2 aromatic carbocycles. The molecule has 0 fully saturated rings. The minimum atomic E-state index is -0.351. The minimum absolute atomic E-state index is 0.0277. The first-order chi connectivity index (χ1) is 13.9. The topological polar surface area (TPSA) is 45.6 Å². The summed E-state index contributed by atoms with van der Waals surface area (Å²) in [5, 5.41) is 6.73. The number of rotatable bonds is 5. The minimum Gasteiger partial charge on any atom is -0.489 e. The lowest BCUT2D eigenvalue weighted by molar-refractivity contribution is 0.243. The van der Waals surface area contributed by atoms with Crippen molar-refractivity contribution >= 4 is 40.1 Å². The Hall–Kier alpha value is -2.47. The molecular formula is C23H28FN3OS. The van der Waals surface area contributed by atoms with Crippen LogP contribution < -0.4 is 15.4 Å². The van der Waals surface area contributed by atoms with Crippen LogP contribution in [0.25, 0.3) is 0 Å². The molecule has 1 aliphatic heterocycles. The molecule has 1 atom stereocenters. The third-order valence-electron chi connectivity index (χ3n) is 5.08. The van der Waals surface area contributed by atoms with E-state index < -0.39 is 0 Å². The first-order valence-corrected chi connectivity index (χ1v) is 10.5. The van der Waals surface area contributed by atoms with Crippen LogP contribution in [0, 0.1) is 11.7 Å². The lowest BCUT2D eigenvalue weighted by atomic mass is 9.94. The van der Waals surface area contributed by atoms with Gasteiger partial charge in [0.25, 0.3) is 0 Å². The Morgan fingerprint density at radius 1 is 1.24 bits per heavy atom. The van der Waals surface area contributed by atoms with Crippen LogP contribution in [0.1, 0.15) is 46.1 Å². The highest BCUT2D eigenvalue weighted by Crippen LogP contribution is 2.34. The number of hydrogen-bond donors (Lipinski definition) is 2. The Labute approximate surface area is 177 Å². The summed E-state index contributed by atoms with van der Waals surface area (Å²) in [4.78, 5) is 4.85. The van der Waals surface area contributed by atoms with Crippen LogP contribution in [0.4, 0.5) is 21.5 Å². The van der Waals surface area contributed by atoms with Crippen molar-refractivity contribution in [2.24, 2.45) is 10.9 Å². The van der Waals surface area contributed by atoms with E-state index in [4.69, 9.17) is 21.9 Å². The number of fused-ring (bicyclic) bond motifs is 1. The SMILES string of the molecule is CCC1CCc2c(cccc2NC(=S)Nc2cc(F)ccc2OC(C)C)N=C1C. The molecule has 0 aliphatic carbocycles. The van der Waals surface area contributed by atoms with Gasteiger partial charge in [0.1, 0.15) is 11.6 Å². The maximum Gasteiger partial charge on any atom is 0.175 e.